The maximum absolute atomic E-state index is 12.5. The largest absolute Gasteiger partial charge is 0.480 e. The minimum Gasteiger partial charge on any atom is -0.480 e. The number of carbonyl (C=O) groups is 1. The number of anilines is 1. The molecule has 2 rings (SSSR count). The van der Waals surface area contributed by atoms with Gasteiger partial charge in [-0.3, -0.25) is 9.52 Å². The smallest absolute Gasteiger partial charge is 0.405 e. The summed E-state index contributed by atoms with van der Waals surface area (Å²) >= 11 is 0. The number of nitrogens with zero attached hydrogens (tertiary/aromatic N) is 1. The van der Waals surface area contributed by atoms with Crippen molar-refractivity contribution in [3.05, 3.63) is 48.2 Å². The van der Waals surface area contributed by atoms with Crippen LogP contribution in [0.1, 0.15) is 10.4 Å². The molecule has 0 bridgehead atoms. The highest BCUT2D eigenvalue weighted by Gasteiger charge is 2.28. The van der Waals surface area contributed by atoms with Crippen LogP contribution in [0.4, 0.5) is 18.9 Å². The molecule has 1 amide bonds. The Kier molecular flexibility index (Phi) is 5.70. The van der Waals surface area contributed by atoms with Crippen LogP contribution in [0.5, 0.6) is 5.88 Å². The number of methoxy groups -OCH3 is 1. The molecule has 0 unspecified atom stereocenters. The molecule has 2 aromatic rings. The van der Waals surface area contributed by atoms with E-state index < -0.39 is 28.7 Å². The van der Waals surface area contributed by atoms with Crippen LogP contribution in [0.3, 0.4) is 0 Å². The number of rotatable bonds is 6. The Morgan fingerprint density at radius 1 is 1.23 bits per heavy atom. The highest BCUT2D eigenvalue weighted by molar-refractivity contribution is 7.92. The average Bonchev–Trinajstić information content (AvgIpc) is 2.59. The number of ether oxygens (including phenoxy) is 1. The summed E-state index contributed by atoms with van der Waals surface area (Å²) in [5, 5.41) is 1.68. The molecule has 0 saturated carbocycles. The predicted molar refractivity (Wildman–Crippen MR) is 86.4 cm³/mol. The summed E-state index contributed by atoms with van der Waals surface area (Å²) in [6, 6.07) is 7.53. The molecule has 140 valence electrons. The first kappa shape index (κ1) is 19.5. The van der Waals surface area contributed by atoms with E-state index in [-0.39, 0.29) is 22.0 Å². The topological polar surface area (TPSA) is 97.4 Å². The van der Waals surface area contributed by atoms with E-state index in [4.69, 9.17) is 4.74 Å². The minimum absolute atomic E-state index is 0.0372. The molecule has 1 aromatic heterocycles. The lowest BCUT2D eigenvalue weighted by atomic mass is 10.2. The molecule has 0 fully saturated rings. The van der Waals surface area contributed by atoms with Crippen molar-refractivity contribution in [2.75, 3.05) is 18.4 Å². The van der Waals surface area contributed by atoms with E-state index in [9.17, 15) is 26.4 Å². The van der Waals surface area contributed by atoms with Gasteiger partial charge in [-0.2, -0.15) is 13.2 Å². The first-order valence-corrected chi connectivity index (χ1v) is 8.57. The number of amides is 1. The van der Waals surface area contributed by atoms with E-state index in [1.54, 1.807) is 5.32 Å². The number of aromatic nitrogens is 1. The van der Waals surface area contributed by atoms with Crippen molar-refractivity contribution < 1.29 is 31.1 Å². The normalized spacial score (nSPS) is 11.7. The maximum Gasteiger partial charge on any atom is 0.405 e. The monoisotopic (exact) mass is 389 g/mol. The highest BCUT2D eigenvalue weighted by atomic mass is 32.2. The second-order valence-electron chi connectivity index (χ2n) is 4.99. The molecular weight excluding hydrogens is 375 g/mol. The van der Waals surface area contributed by atoms with Crippen LogP contribution < -0.4 is 14.8 Å². The minimum atomic E-state index is -4.57. The van der Waals surface area contributed by atoms with Crippen molar-refractivity contribution in [3.63, 3.8) is 0 Å². The molecule has 0 radical (unpaired) electrons. The van der Waals surface area contributed by atoms with Gasteiger partial charge in [0.2, 0.25) is 5.88 Å². The van der Waals surface area contributed by atoms with Gasteiger partial charge < -0.3 is 10.1 Å². The van der Waals surface area contributed by atoms with Crippen LogP contribution in [-0.2, 0) is 10.0 Å². The van der Waals surface area contributed by atoms with E-state index in [0.717, 1.165) is 6.07 Å². The van der Waals surface area contributed by atoms with E-state index in [2.05, 4.69) is 9.71 Å². The van der Waals surface area contributed by atoms with Gasteiger partial charge in [-0.1, -0.05) is 6.07 Å². The third kappa shape index (κ3) is 5.09. The zero-order valence-electron chi connectivity index (χ0n) is 13.4. The van der Waals surface area contributed by atoms with Crippen LogP contribution in [0.25, 0.3) is 0 Å². The fourth-order valence-corrected chi connectivity index (χ4v) is 3.02. The van der Waals surface area contributed by atoms with Gasteiger partial charge in [0.15, 0.2) is 0 Å². The van der Waals surface area contributed by atoms with Gasteiger partial charge >= 0.3 is 6.18 Å². The van der Waals surface area contributed by atoms with Gasteiger partial charge in [-0.25, -0.2) is 13.4 Å². The summed E-state index contributed by atoms with van der Waals surface area (Å²) < 4.78 is 68.6. The Morgan fingerprint density at radius 2 is 1.96 bits per heavy atom. The molecule has 1 aromatic carbocycles. The van der Waals surface area contributed by atoms with Gasteiger partial charge in [0.25, 0.3) is 15.9 Å². The molecule has 7 nitrogen and oxygen atoms in total. The number of nitrogens with one attached hydrogen (secondary N) is 2. The number of hydrogen-bond acceptors (Lipinski definition) is 5. The zero-order chi connectivity index (χ0) is 19.4. The van der Waals surface area contributed by atoms with Gasteiger partial charge in [0.1, 0.15) is 12.2 Å². The molecule has 0 aliphatic carbocycles. The SMILES string of the molecule is COc1ncccc1NS(=O)(=O)c1cccc(C(=O)NCC(F)(F)F)c1. The quantitative estimate of drug-likeness (QED) is 0.789. The number of alkyl halides is 3. The van der Waals surface area contributed by atoms with Crippen LogP contribution in [0.2, 0.25) is 0 Å². The molecule has 0 aliphatic rings. The predicted octanol–water partition coefficient (Wildman–Crippen LogP) is 2.18. The molecular formula is C15H14F3N3O4S. The van der Waals surface area contributed by atoms with Gasteiger partial charge in [-0.05, 0) is 30.3 Å². The lowest BCUT2D eigenvalue weighted by molar-refractivity contribution is -0.123. The number of carbonyl (C=O) groups excluding carboxylic acids is 1. The number of sulfonamides is 1. The van der Waals surface area contributed by atoms with E-state index >= 15 is 0 Å². The number of hydrogen-bond donors (Lipinski definition) is 2. The first-order valence-electron chi connectivity index (χ1n) is 7.09. The summed E-state index contributed by atoms with van der Waals surface area (Å²) in [5.41, 5.74) is -0.155. The summed E-state index contributed by atoms with van der Waals surface area (Å²) in [6.45, 7) is -1.52. The summed E-state index contributed by atoms with van der Waals surface area (Å²) in [5.74, 6) is -1.01. The molecule has 0 spiro atoms. The lowest BCUT2D eigenvalue weighted by Gasteiger charge is -2.12. The third-order valence-corrected chi connectivity index (χ3v) is 4.43. The average molecular weight is 389 g/mol. The maximum atomic E-state index is 12.5. The van der Waals surface area contributed by atoms with Crippen molar-refractivity contribution in [3.8, 4) is 5.88 Å². The number of halogens is 3. The first-order chi connectivity index (χ1) is 12.1. The number of benzene rings is 1. The Balaban J connectivity index is 2.24. The molecule has 0 aliphatic heterocycles. The zero-order valence-corrected chi connectivity index (χ0v) is 14.2. The molecule has 0 atom stereocenters. The van der Waals surface area contributed by atoms with Crippen molar-refractivity contribution in [2.45, 2.75) is 11.1 Å². The van der Waals surface area contributed by atoms with Crippen LogP contribution in [-0.4, -0.2) is 39.1 Å². The standard InChI is InChI=1S/C15H14F3N3O4S/c1-25-14-12(6-3-7-19-14)21-26(23,24)11-5-2-4-10(8-11)13(22)20-9-15(16,17)18/h2-8,21H,9H2,1H3,(H,20,22). The molecule has 26 heavy (non-hydrogen) atoms. The van der Waals surface area contributed by atoms with Gasteiger partial charge in [0.05, 0.1) is 12.0 Å². The summed E-state index contributed by atoms with van der Waals surface area (Å²) in [6.07, 6.45) is -3.17. The lowest BCUT2D eigenvalue weighted by Crippen LogP contribution is -2.33. The fraction of sp³-hybridized carbons (Fsp3) is 0.200. The summed E-state index contributed by atoms with van der Waals surface area (Å²) in [4.78, 5) is 15.3. The second kappa shape index (κ2) is 7.60. The van der Waals surface area contributed by atoms with Crippen LogP contribution >= 0.6 is 0 Å². The Labute approximate surface area is 147 Å². The highest BCUT2D eigenvalue weighted by Crippen LogP contribution is 2.24. The van der Waals surface area contributed by atoms with Crippen molar-refractivity contribution >= 4 is 21.6 Å². The molecule has 1 heterocycles. The number of pyridine rings is 1. The second-order valence-corrected chi connectivity index (χ2v) is 6.67. The van der Waals surface area contributed by atoms with E-state index in [1.165, 1.54) is 43.6 Å². The van der Waals surface area contributed by atoms with Crippen molar-refractivity contribution in [1.29, 1.82) is 0 Å². The molecule has 2 N–H and O–H groups in total. The third-order valence-electron chi connectivity index (χ3n) is 3.06. The summed E-state index contributed by atoms with van der Waals surface area (Å²) in [7, 11) is -2.81. The Morgan fingerprint density at radius 3 is 2.62 bits per heavy atom. The fourth-order valence-electron chi connectivity index (χ4n) is 1.92. The molecule has 0 saturated heterocycles. The van der Waals surface area contributed by atoms with E-state index in [0.29, 0.717) is 0 Å². The van der Waals surface area contributed by atoms with Gasteiger partial charge in [-0.15, -0.1) is 0 Å². The Hall–Kier alpha value is -2.82. The van der Waals surface area contributed by atoms with Crippen molar-refractivity contribution in [1.82, 2.24) is 10.3 Å². The molecule has 11 heteroatoms. The van der Waals surface area contributed by atoms with Crippen molar-refractivity contribution in [2.24, 2.45) is 0 Å². The van der Waals surface area contributed by atoms with Crippen LogP contribution in [0, 0.1) is 0 Å². The Bertz CT molecular complexity index is 901. The van der Waals surface area contributed by atoms with Gasteiger partial charge in [0, 0.05) is 11.8 Å². The van der Waals surface area contributed by atoms with Crippen LogP contribution in [0.15, 0.2) is 47.5 Å². The van der Waals surface area contributed by atoms with E-state index in [1.807, 2.05) is 0 Å².